The average Bonchev–Trinajstić information content (AvgIpc) is 3.27. The van der Waals surface area contributed by atoms with Crippen molar-refractivity contribution in [3.63, 3.8) is 0 Å². The van der Waals surface area contributed by atoms with Gasteiger partial charge in [-0.3, -0.25) is 4.79 Å². The second-order valence-corrected chi connectivity index (χ2v) is 10.4. The molecule has 11 heteroatoms. The van der Waals surface area contributed by atoms with E-state index in [9.17, 15) is 18.0 Å². The van der Waals surface area contributed by atoms with E-state index in [1.165, 1.54) is 17.8 Å². The number of alkyl halides is 3. The van der Waals surface area contributed by atoms with Crippen molar-refractivity contribution >= 4 is 22.6 Å². The molecule has 1 aromatic carbocycles. The maximum Gasteiger partial charge on any atom is 0.573 e. The van der Waals surface area contributed by atoms with Crippen molar-refractivity contribution in [1.82, 2.24) is 14.9 Å². The van der Waals surface area contributed by atoms with Crippen LogP contribution in [0.5, 0.6) is 5.75 Å². The first-order chi connectivity index (χ1) is 18.2. The zero-order valence-corrected chi connectivity index (χ0v) is 20.6. The number of anilines is 1. The van der Waals surface area contributed by atoms with E-state index >= 15 is 4.39 Å². The average molecular weight is 533 g/mol. The molecular formula is C27H28F4N4O3. The maximum atomic E-state index is 15.4. The van der Waals surface area contributed by atoms with Crippen molar-refractivity contribution in [1.29, 1.82) is 0 Å². The molecule has 2 saturated heterocycles. The number of carbonyl (C=O) groups is 1. The van der Waals surface area contributed by atoms with E-state index < -0.39 is 12.1 Å². The number of nitrogens with one attached hydrogen (secondary N) is 1. The van der Waals surface area contributed by atoms with Crippen LogP contribution < -0.4 is 10.5 Å². The number of aromatic nitrogens is 2. The van der Waals surface area contributed by atoms with Crippen LogP contribution in [-0.4, -0.2) is 53.4 Å². The number of nitrogen functional groups attached to an aromatic ring is 1. The van der Waals surface area contributed by atoms with Gasteiger partial charge in [0.05, 0.1) is 11.8 Å². The molecule has 2 fully saturated rings. The van der Waals surface area contributed by atoms with Crippen LogP contribution in [0.4, 0.5) is 23.2 Å². The van der Waals surface area contributed by atoms with Gasteiger partial charge in [0.25, 0.3) is 5.91 Å². The fourth-order valence-corrected chi connectivity index (χ4v) is 6.50. The number of piperidine rings is 1. The fraction of sp³-hybridized carbons (Fsp3) is 0.481. The molecule has 0 bridgehead atoms. The van der Waals surface area contributed by atoms with Crippen molar-refractivity contribution in [3.05, 3.63) is 52.6 Å². The summed E-state index contributed by atoms with van der Waals surface area (Å²) in [4.78, 5) is 22.6. The summed E-state index contributed by atoms with van der Waals surface area (Å²) in [5.74, 6) is -0.540. The van der Waals surface area contributed by atoms with E-state index in [0.29, 0.717) is 55.6 Å². The Hall–Kier alpha value is -3.34. The summed E-state index contributed by atoms with van der Waals surface area (Å²) in [5, 5.41) is 0.894. The molecule has 202 valence electrons. The summed E-state index contributed by atoms with van der Waals surface area (Å²) in [6, 6.07) is 3.31. The minimum Gasteiger partial charge on any atom is -0.406 e. The van der Waals surface area contributed by atoms with Gasteiger partial charge in [0.1, 0.15) is 17.2 Å². The van der Waals surface area contributed by atoms with Gasteiger partial charge < -0.3 is 25.1 Å². The summed E-state index contributed by atoms with van der Waals surface area (Å²) < 4.78 is 62.5. The minimum absolute atomic E-state index is 0.0919. The third-order valence-corrected chi connectivity index (χ3v) is 8.22. The van der Waals surface area contributed by atoms with E-state index in [4.69, 9.17) is 10.5 Å². The third-order valence-electron chi connectivity index (χ3n) is 8.22. The van der Waals surface area contributed by atoms with Gasteiger partial charge in [-0.05, 0) is 67.6 Å². The first-order valence-corrected chi connectivity index (χ1v) is 12.9. The number of amides is 1. The van der Waals surface area contributed by atoms with Gasteiger partial charge in [-0.15, -0.1) is 13.2 Å². The van der Waals surface area contributed by atoms with Gasteiger partial charge in [-0.2, -0.15) is 0 Å². The molecule has 3 aliphatic rings. The number of aromatic amines is 1. The predicted molar refractivity (Wildman–Crippen MR) is 131 cm³/mol. The van der Waals surface area contributed by atoms with Crippen molar-refractivity contribution < 1.29 is 31.8 Å². The van der Waals surface area contributed by atoms with Crippen LogP contribution in [0.3, 0.4) is 0 Å². The van der Waals surface area contributed by atoms with Crippen molar-refractivity contribution in [3.8, 4) is 5.75 Å². The maximum absolute atomic E-state index is 15.4. The number of pyridine rings is 1. The molecule has 3 N–H and O–H groups in total. The van der Waals surface area contributed by atoms with Gasteiger partial charge in [-0.25, -0.2) is 9.37 Å². The number of hydrogen-bond donors (Lipinski definition) is 2. The number of fused-ring (bicyclic) bond motifs is 5. The Kier molecular flexibility index (Phi) is 6.20. The molecule has 6 rings (SSSR count). The van der Waals surface area contributed by atoms with E-state index in [-0.39, 0.29) is 28.9 Å². The number of nitrogens with two attached hydrogens (primary N) is 1. The smallest absolute Gasteiger partial charge is 0.406 e. The Bertz CT molecular complexity index is 1380. The highest BCUT2D eigenvalue weighted by atomic mass is 19.4. The normalized spacial score (nSPS) is 22.3. The number of carbonyl (C=O) groups excluding carboxylic acids is 1. The summed E-state index contributed by atoms with van der Waals surface area (Å²) in [6.45, 7) is 2.17. The Morgan fingerprint density at radius 3 is 2.68 bits per heavy atom. The first-order valence-electron chi connectivity index (χ1n) is 12.9. The summed E-state index contributed by atoms with van der Waals surface area (Å²) in [7, 11) is 0. The topological polar surface area (TPSA) is 93.5 Å². The van der Waals surface area contributed by atoms with Crippen LogP contribution in [0, 0.1) is 11.7 Å². The van der Waals surface area contributed by atoms with Crippen molar-refractivity contribution in [2.24, 2.45) is 5.92 Å². The van der Waals surface area contributed by atoms with Crippen LogP contribution in [0.1, 0.15) is 64.7 Å². The molecule has 1 amide bonds. The number of nitrogens with zero attached hydrogens (tertiary/aromatic N) is 2. The number of ether oxygens (including phenoxy) is 2. The molecule has 4 heterocycles. The number of halogens is 4. The summed E-state index contributed by atoms with van der Waals surface area (Å²) in [5.41, 5.74) is 9.62. The highest BCUT2D eigenvalue weighted by molar-refractivity contribution is 5.99. The molecule has 0 spiro atoms. The molecule has 2 aromatic heterocycles. The largest absolute Gasteiger partial charge is 0.573 e. The molecule has 0 radical (unpaired) electrons. The quantitative estimate of drug-likeness (QED) is 0.354. The van der Waals surface area contributed by atoms with Crippen LogP contribution in [0.2, 0.25) is 0 Å². The van der Waals surface area contributed by atoms with Crippen LogP contribution in [-0.2, 0) is 11.2 Å². The highest BCUT2D eigenvalue weighted by Gasteiger charge is 2.38. The molecule has 2 atom stereocenters. The molecule has 3 aromatic rings. The third kappa shape index (κ3) is 4.46. The highest BCUT2D eigenvalue weighted by Crippen LogP contribution is 2.47. The van der Waals surface area contributed by atoms with Crippen LogP contribution >= 0.6 is 0 Å². The molecule has 0 saturated carbocycles. The van der Waals surface area contributed by atoms with E-state index in [0.717, 1.165) is 49.1 Å². The van der Waals surface area contributed by atoms with Gasteiger partial charge in [0.15, 0.2) is 0 Å². The number of aryl methyl sites for hydroxylation is 1. The number of H-pyrrole nitrogens is 1. The molecule has 2 aliphatic heterocycles. The second kappa shape index (κ2) is 9.44. The van der Waals surface area contributed by atoms with Gasteiger partial charge >= 0.3 is 6.36 Å². The lowest BCUT2D eigenvalue weighted by atomic mass is 9.73. The van der Waals surface area contributed by atoms with E-state index in [2.05, 4.69) is 14.7 Å². The SMILES string of the molecule is Nc1cc(OC(F)(F)F)ccc1C(=O)N1CCC(c2c(F)cnc3[nH]c4c(c23)[C@H]2CCOC[C@@H]2CC4)CC1. The van der Waals surface area contributed by atoms with Crippen LogP contribution in [0.25, 0.3) is 11.0 Å². The van der Waals surface area contributed by atoms with Gasteiger partial charge in [0, 0.05) is 54.7 Å². The Balaban J connectivity index is 1.23. The minimum atomic E-state index is -4.85. The first kappa shape index (κ1) is 25.0. The number of likely N-dealkylation sites (tertiary alicyclic amines) is 1. The lowest BCUT2D eigenvalue weighted by Gasteiger charge is -2.36. The predicted octanol–water partition coefficient (Wildman–Crippen LogP) is 5.27. The van der Waals surface area contributed by atoms with Gasteiger partial charge in [-0.1, -0.05) is 0 Å². The number of rotatable bonds is 3. The fourth-order valence-electron chi connectivity index (χ4n) is 6.50. The van der Waals surface area contributed by atoms with Crippen LogP contribution in [0.15, 0.2) is 24.4 Å². The van der Waals surface area contributed by atoms with E-state index in [1.807, 2.05) is 0 Å². The molecule has 0 unspecified atom stereocenters. The van der Waals surface area contributed by atoms with Gasteiger partial charge in [0.2, 0.25) is 0 Å². The monoisotopic (exact) mass is 532 g/mol. The molecular weight excluding hydrogens is 504 g/mol. The molecule has 1 aliphatic carbocycles. The lowest BCUT2D eigenvalue weighted by molar-refractivity contribution is -0.274. The Morgan fingerprint density at radius 1 is 1.16 bits per heavy atom. The summed E-state index contributed by atoms with van der Waals surface area (Å²) >= 11 is 0. The zero-order valence-electron chi connectivity index (χ0n) is 20.6. The van der Waals surface area contributed by atoms with Crippen molar-refractivity contribution in [2.75, 3.05) is 32.0 Å². The Labute approximate surface area is 216 Å². The zero-order chi connectivity index (χ0) is 26.6. The lowest BCUT2D eigenvalue weighted by Crippen LogP contribution is -2.38. The Morgan fingerprint density at radius 2 is 1.95 bits per heavy atom. The standard InChI is InChI=1S/C27H28F4N4O3/c28-19-12-33-25-24(23-17-7-10-37-13-15(17)1-4-21(23)34-25)22(19)14-5-8-35(9-6-14)26(36)18-3-2-16(11-20(18)32)38-27(29,30)31/h2-3,11-12,14-15,17H,1,4-10,13,32H2,(H,33,34)/t15-,17-/m0/s1. The molecule has 38 heavy (non-hydrogen) atoms. The number of benzene rings is 1. The molecule has 7 nitrogen and oxygen atoms in total. The van der Waals surface area contributed by atoms with Crippen molar-refractivity contribution in [2.45, 2.75) is 50.3 Å². The number of hydrogen-bond acceptors (Lipinski definition) is 5. The van der Waals surface area contributed by atoms with E-state index in [1.54, 1.807) is 4.90 Å². The summed E-state index contributed by atoms with van der Waals surface area (Å²) in [6.07, 6.45) is 0.361. The second-order valence-electron chi connectivity index (χ2n) is 10.4.